The van der Waals surface area contributed by atoms with Crippen molar-refractivity contribution in [3.63, 3.8) is 0 Å². The molecule has 1 atom stereocenters. The first kappa shape index (κ1) is 6.26. The summed E-state index contributed by atoms with van der Waals surface area (Å²) < 4.78 is 0. The topological polar surface area (TPSA) is 41.5 Å². The molecule has 0 saturated carbocycles. The SMILES string of the molecule is CC1=NC(C)CNC1=O. The maximum atomic E-state index is 10.7. The Morgan fingerprint density at radius 1 is 1.78 bits per heavy atom. The average Bonchev–Trinajstić information content (AvgIpc) is 1.80. The fraction of sp³-hybridized carbons (Fsp3) is 0.667. The predicted octanol–water partition coefficient (Wildman–Crippen LogP) is -0.0344. The van der Waals surface area contributed by atoms with Gasteiger partial charge in [-0.3, -0.25) is 9.79 Å². The van der Waals surface area contributed by atoms with Gasteiger partial charge in [0, 0.05) is 6.54 Å². The lowest BCUT2D eigenvalue weighted by Gasteiger charge is -2.14. The molecule has 0 aromatic carbocycles. The number of aliphatic imine (C=N–C) groups is 1. The zero-order chi connectivity index (χ0) is 6.85. The van der Waals surface area contributed by atoms with E-state index in [0.717, 1.165) is 0 Å². The molecule has 0 bridgehead atoms. The molecule has 0 aromatic heterocycles. The molecule has 0 aliphatic carbocycles. The normalized spacial score (nSPS) is 27.1. The van der Waals surface area contributed by atoms with Gasteiger partial charge in [0.2, 0.25) is 0 Å². The van der Waals surface area contributed by atoms with Gasteiger partial charge in [-0.05, 0) is 13.8 Å². The molecule has 1 N–H and O–H groups in total. The molecule has 1 aliphatic rings. The second kappa shape index (κ2) is 2.17. The quantitative estimate of drug-likeness (QED) is 0.486. The van der Waals surface area contributed by atoms with Crippen LogP contribution in [0.1, 0.15) is 13.8 Å². The monoisotopic (exact) mass is 126 g/mol. The maximum Gasteiger partial charge on any atom is 0.264 e. The Bertz CT molecular complexity index is 162. The molecule has 0 saturated heterocycles. The molecule has 1 rings (SSSR count). The summed E-state index contributed by atoms with van der Waals surface area (Å²) in [6, 6.07) is 0.252. The molecule has 1 amide bonds. The Morgan fingerprint density at radius 3 is 2.89 bits per heavy atom. The highest BCUT2D eigenvalue weighted by Gasteiger charge is 2.13. The summed E-state index contributed by atoms with van der Waals surface area (Å²) in [4.78, 5) is 14.8. The van der Waals surface area contributed by atoms with Crippen LogP contribution in [0.4, 0.5) is 0 Å². The number of hydrogen-bond donors (Lipinski definition) is 1. The van der Waals surface area contributed by atoms with Crippen LogP contribution in [0, 0.1) is 0 Å². The van der Waals surface area contributed by atoms with Gasteiger partial charge in [-0.15, -0.1) is 0 Å². The van der Waals surface area contributed by atoms with E-state index in [9.17, 15) is 4.79 Å². The van der Waals surface area contributed by atoms with E-state index in [1.165, 1.54) is 0 Å². The Balaban J connectivity index is 2.72. The number of carbonyl (C=O) groups excluding carboxylic acids is 1. The van der Waals surface area contributed by atoms with Gasteiger partial charge in [0.25, 0.3) is 5.91 Å². The molecule has 1 heterocycles. The van der Waals surface area contributed by atoms with E-state index < -0.39 is 0 Å². The summed E-state index contributed by atoms with van der Waals surface area (Å²) in [6.07, 6.45) is 0. The van der Waals surface area contributed by atoms with Crippen LogP contribution in [-0.2, 0) is 4.79 Å². The average molecular weight is 126 g/mol. The number of rotatable bonds is 0. The summed E-state index contributed by atoms with van der Waals surface area (Å²) in [5.74, 6) is -0.0342. The molecule has 3 nitrogen and oxygen atoms in total. The summed E-state index contributed by atoms with van der Waals surface area (Å²) in [5, 5.41) is 2.71. The van der Waals surface area contributed by atoms with Gasteiger partial charge in [0.1, 0.15) is 0 Å². The minimum atomic E-state index is -0.0342. The maximum absolute atomic E-state index is 10.7. The van der Waals surface area contributed by atoms with E-state index in [1.54, 1.807) is 6.92 Å². The molecule has 3 heteroatoms. The van der Waals surface area contributed by atoms with Gasteiger partial charge in [-0.25, -0.2) is 0 Å². The van der Waals surface area contributed by atoms with Crippen LogP contribution in [-0.4, -0.2) is 24.2 Å². The molecule has 0 radical (unpaired) electrons. The first-order chi connectivity index (χ1) is 4.20. The van der Waals surface area contributed by atoms with E-state index in [4.69, 9.17) is 0 Å². The Morgan fingerprint density at radius 2 is 2.44 bits per heavy atom. The highest BCUT2D eigenvalue weighted by atomic mass is 16.1. The molecular formula is C6H10N2O. The van der Waals surface area contributed by atoms with Crippen molar-refractivity contribution in [2.45, 2.75) is 19.9 Å². The van der Waals surface area contributed by atoms with Crippen molar-refractivity contribution in [2.24, 2.45) is 4.99 Å². The standard InChI is InChI=1S/C6H10N2O/c1-4-3-7-6(9)5(2)8-4/h4H,3H2,1-2H3,(H,7,9). The van der Waals surface area contributed by atoms with Crippen LogP contribution in [0.2, 0.25) is 0 Å². The third kappa shape index (κ3) is 1.28. The van der Waals surface area contributed by atoms with Gasteiger partial charge < -0.3 is 5.32 Å². The zero-order valence-electron chi connectivity index (χ0n) is 5.64. The third-order valence-corrected chi connectivity index (χ3v) is 1.30. The molecule has 0 aromatic rings. The van der Waals surface area contributed by atoms with Gasteiger partial charge in [0.15, 0.2) is 0 Å². The van der Waals surface area contributed by atoms with Gasteiger partial charge in [-0.1, -0.05) is 0 Å². The summed E-state index contributed by atoms with van der Waals surface area (Å²) in [6.45, 7) is 4.38. The summed E-state index contributed by atoms with van der Waals surface area (Å²) in [7, 11) is 0. The van der Waals surface area contributed by atoms with E-state index in [-0.39, 0.29) is 11.9 Å². The Hall–Kier alpha value is -0.860. The molecule has 9 heavy (non-hydrogen) atoms. The van der Waals surface area contributed by atoms with Crippen LogP contribution in [0.15, 0.2) is 4.99 Å². The molecule has 1 unspecified atom stereocenters. The van der Waals surface area contributed by atoms with Gasteiger partial charge in [0.05, 0.1) is 11.8 Å². The van der Waals surface area contributed by atoms with E-state index in [1.807, 2.05) is 6.92 Å². The van der Waals surface area contributed by atoms with Crippen LogP contribution < -0.4 is 5.32 Å². The van der Waals surface area contributed by atoms with Gasteiger partial charge in [-0.2, -0.15) is 0 Å². The molecule has 0 spiro atoms. The molecule has 50 valence electrons. The van der Waals surface area contributed by atoms with Crippen molar-refractivity contribution in [3.8, 4) is 0 Å². The van der Waals surface area contributed by atoms with Crippen LogP contribution in [0.3, 0.4) is 0 Å². The van der Waals surface area contributed by atoms with E-state index in [0.29, 0.717) is 12.3 Å². The Labute approximate surface area is 54.2 Å². The lowest BCUT2D eigenvalue weighted by Crippen LogP contribution is -2.39. The van der Waals surface area contributed by atoms with Crippen molar-refractivity contribution in [3.05, 3.63) is 0 Å². The lowest BCUT2D eigenvalue weighted by atomic mass is 10.2. The number of nitrogens with one attached hydrogen (secondary N) is 1. The van der Waals surface area contributed by atoms with Crippen molar-refractivity contribution in [1.29, 1.82) is 0 Å². The number of hydrogen-bond acceptors (Lipinski definition) is 2. The second-order valence-electron chi connectivity index (χ2n) is 2.27. The highest BCUT2D eigenvalue weighted by molar-refractivity contribution is 6.38. The molecule has 1 aliphatic heterocycles. The lowest BCUT2D eigenvalue weighted by molar-refractivity contribution is -0.115. The number of amides is 1. The van der Waals surface area contributed by atoms with Crippen LogP contribution in [0.5, 0.6) is 0 Å². The largest absolute Gasteiger partial charge is 0.349 e. The van der Waals surface area contributed by atoms with Crippen molar-refractivity contribution >= 4 is 11.6 Å². The van der Waals surface area contributed by atoms with Gasteiger partial charge >= 0.3 is 0 Å². The first-order valence-electron chi connectivity index (χ1n) is 3.03. The molecule has 0 fully saturated rings. The Kier molecular flexibility index (Phi) is 1.51. The van der Waals surface area contributed by atoms with Crippen LogP contribution in [0.25, 0.3) is 0 Å². The summed E-state index contributed by atoms with van der Waals surface area (Å²) >= 11 is 0. The van der Waals surface area contributed by atoms with E-state index in [2.05, 4.69) is 10.3 Å². The van der Waals surface area contributed by atoms with Crippen molar-refractivity contribution in [2.75, 3.05) is 6.54 Å². The smallest absolute Gasteiger partial charge is 0.264 e. The fourth-order valence-electron chi connectivity index (χ4n) is 0.803. The zero-order valence-corrected chi connectivity index (χ0v) is 5.64. The molecular weight excluding hydrogens is 116 g/mol. The fourth-order valence-corrected chi connectivity index (χ4v) is 0.803. The third-order valence-electron chi connectivity index (χ3n) is 1.30. The number of carbonyl (C=O) groups is 1. The van der Waals surface area contributed by atoms with Crippen molar-refractivity contribution < 1.29 is 4.79 Å². The minimum Gasteiger partial charge on any atom is -0.349 e. The predicted molar refractivity (Wildman–Crippen MR) is 35.6 cm³/mol. The second-order valence-corrected chi connectivity index (χ2v) is 2.27. The summed E-state index contributed by atoms with van der Waals surface area (Å²) in [5.41, 5.74) is 0.591. The number of nitrogens with zero attached hydrogens (tertiary/aromatic N) is 1. The van der Waals surface area contributed by atoms with E-state index >= 15 is 0 Å². The highest BCUT2D eigenvalue weighted by Crippen LogP contribution is 1.94. The van der Waals surface area contributed by atoms with Crippen molar-refractivity contribution in [1.82, 2.24) is 5.32 Å². The van der Waals surface area contributed by atoms with Crippen LogP contribution >= 0.6 is 0 Å². The minimum absolute atomic E-state index is 0.0342. The first-order valence-corrected chi connectivity index (χ1v) is 3.03.